The fraction of sp³-hybridized carbons (Fsp3) is 0.782. The van der Waals surface area contributed by atoms with Crippen LogP contribution in [0.15, 0.2) is 60.8 Å². The summed E-state index contributed by atoms with van der Waals surface area (Å²) >= 11 is 0. The van der Waals surface area contributed by atoms with Crippen LogP contribution in [0.1, 0.15) is 219 Å². The topological polar surface area (TPSA) is 152 Å². The second kappa shape index (κ2) is 45.2. The summed E-state index contributed by atoms with van der Waals surface area (Å²) in [6.07, 6.45) is 49.6. The lowest BCUT2D eigenvalue weighted by atomic mass is 9.99. The van der Waals surface area contributed by atoms with E-state index in [9.17, 15) is 30.0 Å². The van der Waals surface area contributed by atoms with Crippen molar-refractivity contribution in [2.45, 2.75) is 256 Å². The fourth-order valence-corrected chi connectivity index (χ4v) is 7.69. The highest BCUT2D eigenvalue weighted by atomic mass is 16.7. The molecule has 1 fully saturated rings. The van der Waals surface area contributed by atoms with Gasteiger partial charge in [0.25, 0.3) is 0 Å². The van der Waals surface area contributed by atoms with Crippen molar-refractivity contribution < 1.29 is 49.0 Å². The molecule has 6 atom stereocenters. The Morgan fingerprint density at radius 3 is 1.43 bits per heavy atom. The molecule has 1 rings (SSSR count). The molecule has 0 aromatic carbocycles. The molecule has 4 N–H and O–H groups in total. The average Bonchev–Trinajstić information content (AvgIpc) is 3.30. The molecular weight excluding hydrogens is 821 g/mol. The predicted octanol–water partition coefficient (Wildman–Crippen LogP) is 12.6. The highest BCUT2D eigenvalue weighted by Crippen LogP contribution is 2.23. The van der Waals surface area contributed by atoms with Crippen LogP contribution < -0.4 is 0 Å². The molecule has 0 spiro atoms. The maximum absolute atomic E-state index is 12.8. The van der Waals surface area contributed by atoms with Crippen LogP contribution in [0.4, 0.5) is 0 Å². The summed E-state index contributed by atoms with van der Waals surface area (Å²) in [5.41, 5.74) is 0. The molecule has 376 valence electrons. The van der Waals surface area contributed by atoms with Gasteiger partial charge in [-0.15, -0.1) is 0 Å². The van der Waals surface area contributed by atoms with Crippen molar-refractivity contribution >= 4 is 11.9 Å². The van der Waals surface area contributed by atoms with E-state index in [1.807, 2.05) is 0 Å². The molecule has 1 aliphatic rings. The zero-order valence-corrected chi connectivity index (χ0v) is 41.2. The van der Waals surface area contributed by atoms with Crippen LogP contribution in [-0.2, 0) is 28.5 Å². The van der Waals surface area contributed by atoms with Gasteiger partial charge in [-0.1, -0.05) is 184 Å². The molecule has 2 unspecified atom stereocenters. The Labute approximate surface area is 396 Å². The lowest BCUT2D eigenvalue weighted by Gasteiger charge is -2.39. The van der Waals surface area contributed by atoms with Crippen LogP contribution in [0.25, 0.3) is 0 Å². The summed E-state index contributed by atoms with van der Waals surface area (Å²) in [5.74, 6) is -0.880. The average molecular weight is 917 g/mol. The zero-order valence-electron chi connectivity index (χ0n) is 41.2. The molecule has 0 aromatic heterocycles. The minimum Gasteiger partial charge on any atom is -0.462 e. The van der Waals surface area contributed by atoms with Crippen LogP contribution in [0.2, 0.25) is 0 Å². The van der Waals surface area contributed by atoms with E-state index in [1.165, 1.54) is 116 Å². The zero-order chi connectivity index (χ0) is 47.3. The first kappa shape index (κ1) is 60.4. The van der Waals surface area contributed by atoms with Crippen LogP contribution in [0.5, 0.6) is 0 Å². The van der Waals surface area contributed by atoms with E-state index >= 15 is 0 Å². The Kier molecular flexibility index (Phi) is 42.0. The largest absolute Gasteiger partial charge is 0.462 e. The van der Waals surface area contributed by atoms with Crippen LogP contribution >= 0.6 is 0 Å². The quantitative estimate of drug-likeness (QED) is 0.0264. The van der Waals surface area contributed by atoms with Gasteiger partial charge in [-0.05, 0) is 83.5 Å². The van der Waals surface area contributed by atoms with Gasteiger partial charge in [0.2, 0.25) is 0 Å². The van der Waals surface area contributed by atoms with E-state index in [1.54, 1.807) is 0 Å². The SMILES string of the molecule is CCCCC/C=C/C/C=C/C/C=C/CCCCCCC(=O)OC[C@H](CO[C@@H]1O[C@H](CO)[C@H](O)C(O)C1O)OC(=O)CCC/C=C/CC/C=C/CCCCCCCCCCCCCCCC. The molecule has 1 saturated heterocycles. The summed E-state index contributed by atoms with van der Waals surface area (Å²) in [7, 11) is 0. The number of unbranched alkanes of at least 4 members (excludes halogenated alkanes) is 23. The molecule has 1 heterocycles. The van der Waals surface area contributed by atoms with Gasteiger partial charge in [0.05, 0.1) is 13.2 Å². The van der Waals surface area contributed by atoms with Gasteiger partial charge < -0.3 is 39.4 Å². The first-order valence-electron chi connectivity index (χ1n) is 26.4. The van der Waals surface area contributed by atoms with E-state index < -0.39 is 55.4 Å². The van der Waals surface area contributed by atoms with Crippen molar-refractivity contribution in [3.63, 3.8) is 0 Å². The molecular formula is C55H96O10. The van der Waals surface area contributed by atoms with Gasteiger partial charge in [0, 0.05) is 12.8 Å². The smallest absolute Gasteiger partial charge is 0.306 e. The minimum atomic E-state index is -1.61. The number of carbonyl (C=O) groups is 2. The molecule has 1 aliphatic heterocycles. The molecule has 10 heteroatoms. The number of aliphatic hydroxyl groups is 4. The van der Waals surface area contributed by atoms with Crippen LogP contribution in [0.3, 0.4) is 0 Å². The third-order valence-corrected chi connectivity index (χ3v) is 11.9. The van der Waals surface area contributed by atoms with E-state index in [0.29, 0.717) is 12.8 Å². The molecule has 0 aliphatic carbocycles. The van der Waals surface area contributed by atoms with Crippen molar-refractivity contribution in [3.05, 3.63) is 60.8 Å². The highest BCUT2D eigenvalue weighted by molar-refractivity contribution is 5.70. The number of hydrogen-bond acceptors (Lipinski definition) is 10. The summed E-state index contributed by atoms with van der Waals surface area (Å²) in [6.45, 7) is 3.36. The molecule has 0 amide bonds. The number of aliphatic hydroxyl groups excluding tert-OH is 4. The molecule has 10 nitrogen and oxygen atoms in total. The second-order valence-corrected chi connectivity index (χ2v) is 18.0. The highest BCUT2D eigenvalue weighted by Gasteiger charge is 2.44. The lowest BCUT2D eigenvalue weighted by Crippen LogP contribution is -2.59. The number of esters is 2. The Bertz CT molecular complexity index is 1240. The van der Waals surface area contributed by atoms with Gasteiger partial charge in [-0.2, -0.15) is 0 Å². The van der Waals surface area contributed by atoms with Gasteiger partial charge in [-0.25, -0.2) is 0 Å². The van der Waals surface area contributed by atoms with Crippen LogP contribution in [0, 0.1) is 0 Å². The molecule has 0 bridgehead atoms. The molecule has 0 radical (unpaired) electrons. The van der Waals surface area contributed by atoms with Gasteiger partial charge in [-0.3, -0.25) is 9.59 Å². The number of hydrogen-bond donors (Lipinski definition) is 4. The van der Waals surface area contributed by atoms with E-state index in [0.717, 1.165) is 64.2 Å². The fourth-order valence-electron chi connectivity index (χ4n) is 7.69. The molecule has 0 aromatic rings. The third-order valence-electron chi connectivity index (χ3n) is 11.9. The van der Waals surface area contributed by atoms with Crippen molar-refractivity contribution in [1.82, 2.24) is 0 Å². The summed E-state index contributed by atoms with van der Waals surface area (Å²) in [4.78, 5) is 25.4. The van der Waals surface area contributed by atoms with Crippen molar-refractivity contribution in [2.75, 3.05) is 19.8 Å². The van der Waals surface area contributed by atoms with Gasteiger partial charge in [0.1, 0.15) is 31.0 Å². The summed E-state index contributed by atoms with van der Waals surface area (Å²) in [5, 5.41) is 40.2. The molecule has 65 heavy (non-hydrogen) atoms. The number of ether oxygens (including phenoxy) is 4. The minimum absolute atomic E-state index is 0.163. The van der Waals surface area contributed by atoms with Gasteiger partial charge >= 0.3 is 11.9 Å². The van der Waals surface area contributed by atoms with E-state index in [4.69, 9.17) is 18.9 Å². The van der Waals surface area contributed by atoms with Gasteiger partial charge in [0.15, 0.2) is 12.4 Å². The standard InChI is InChI=1S/C55H96O10/c1-3-5-7-9-11-13-15-17-19-21-22-23-24-25-26-28-30-32-34-36-38-40-42-44-51(58)64-48(47-63-55-54(61)53(60)52(59)49(45-56)65-55)46-62-50(57)43-41-39-37-35-33-31-29-27-20-18-16-14-12-10-8-6-4-2/h12,14,18,20,28-31,36,38,48-49,52-56,59-61H,3-11,13,15-17,19,21-27,32-35,37,39-47H2,1-2H3/b14-12+,20-18+,30-28+,31-29+,38-36+/t48-,49-,52+,53?,54?,55-/m1/s1. The first-order chi connectivity index (χ1) is 31.8. The Hall–Kier alpha value is -2.60. The maximum atomic E-state index is 12.8. The maximum Gasteiger partial charge on any atom is 0.306 e. The monoisotopic (exact) mass is 917 g/mol. The second-order valence-electron chi connectivity index (χ2n) is 18.0. The first-order valence-corrected chi connectivity index (χ1v) is 26.4. The Morgan fingerprint density at radius 2 is 0.892 bits per heavy atom. The van der Waals surface area contributed by atoms with E-state index in [2.05, 4.69) is 74.6 Å². The summed E-state index contributed by atoms with van der Waals surface area (Å²) < 4.78 is 22.2. The Morgan fingerprint density at radius 1 is 0.477 bits per heavy atom. The van der Waals surface area contributed by atoms with Crippen LogP contribution in [-0.4, -0.2) is 89.0 Å². The number of rotatable bonds is 44. The third kappa shape index (κ3) is 36.2. The lowest BCUT2D eigenvalue weighted by molar-refractivity contribution is -0.305. The normalized spacial score (nSPS) is 19.8. The van der Waals surface area contributed by atoms with Crippen molar-refractivity contribution in [1.29, 1.82) is 0 Å². The van der Waals surface area contributed by atoms with Crippen molar-refractivity contribution in [2.24, 2.45) is 0 Å². The number of allylic oxidation sites excluding steroid dienone is 10. The van der Waals surface area contributed by atoms with E-state index in [-0.39, 0.29) is 26.1 Å². The molecule has 0 saturated carbocycles. The number of carbonyl (C=O) groups excluding carboxylic acids is 2. The van der Waals surface area contributed by atoms with Crippen molar-refractivity contribution in [3.8, 4) is 0 Å². The summed E-state index contributed by atoms with van der Waals surface area (Å²) in [6, 6.07) is 0. The predicted molar refractivity (Wildman–Crippen MR) is 265 cm³/mol. The Balaban J connectivity index is 2.29.